The Balaban J connectivity index is 2.32. The number of hydrogen-bond donors (Lipinski definition) is 1. The summed E-state index contributed by atoms with van der Waals surface area (Å²) in [5.74, 6) is -0.155. The van der Waals surface area contributed by atoms with Crippen molar-refractivity contribution in [3.63, 3.8) is 0 Å². The third-order valence-corrected chi connectivity index (χ3v) is 3.91. The quantitative estimate of drug-likeness (QED) is 0.898. The number of pyridine rings is 1. The lowest BCUT2D eigenvalue weighted by Gasteiger charge is -2.40. The molecular formula is C14H17N3O2. The molecule has 1 fully saturated rings. The molecular weight excluding hydrogens is 242 g/mol. The lowest BCUT2D eigenvalue weighted by Crippen LogP contribution is -2.48. The van der Waals surface area contributed by atoms with Crippen molar-refractivity contribution in [2.45, 2.75) is 26.2 Å². The molecule has 5 heteroatoms. The van der Waals surface area contributed by atoms with E-state index in [1.165, 1.54) is 0 Å². The molecule has 2 rings (SSSR count). The second-order valence-corrected chi connectivity index (χ2v) is 4.95. The molecule has 0 amide bonds. The third kappa shape index (κ3) is 2.39. The molecule has 1 aliphatic rings. The Labute approximate surface area is 112 Å². The SMILES string of the molecule is CCC1(C(=O)O)CCCN(c2ncccc2C#N)C1. The normalized spacial score (nSPS) is 22.8. The molecule has 1 aromatic rings. The van der Waals surface area contributed by atoms with Crippen LogP contribution in [0.15, 0.2) is 18.3 Å². The van der Waals surface area contributed by atoms with Gasteiger partial charge in [-0.25, -0.2) is 4.98 Å². The fourth-order valence-electron chi connectivity index (χ4n) is 2.66. The van der Waals surface area contributed by atoms with Crippen molar-refractivity contribution in [3.05, 3.63) is 23.9 Å². The monoisotopic (exact) mass is 259 g/mol. The Kier molecular flexibility index (Phi) is 3.70. The maximum absolute atomic E-state index is 11.5. The zero-order valence-electron chi connectivity index (χ0n) is 11.0. The van der Waals surface area contributed by atoms with E-state index in [1.807, 2.05) is 11.8 Å². The first kappa shape index (κ1) is 13.3. The van der Waals surface area contributed by atoms with Crippen LogP contribution < -0.4 is 4.90 Å². The zero-order chi connectivity index (χ0) is 13.9. The number of carboxylic acids is 1. The number of carbonyl (C=O) groups is 1. The maximum atomic E-state index is 11.5. The highest BCUT2D eigenvalue weighted by Gasteiger charge is 2.41. The second-order valence-electron chi connectivity index (χ2n) is 4.95. The minimum Gasteiger partial charge on any atom is -0.481 e. The first-order valence-corrected chi connectivity index (χ1v) is 6.46. The van der Waals surface area contributed by atoms with Crippen molar-refractivity contribution in [2.24, 2.45) is 5.41 Å². The van der Waals surface area contributed by atoms with E-state index in [2.05, 4.69) is 11.1 Å². The standard InChI is InChI=1S/C14H17N3O2/c1-2-14(13(18)19)6-4-8-17(10-14)12-11(9-15)5-3-7-16-12/h3,5,7H,2,4,6,8,10H2,1H3,(H,18,19). The van der Waals surface area contributed by atoms with Crippen LogP contribution in [0.4, 0.5) is 5.82 Å². The third-order valence-electron chi connectivity index (χ3n) is 3.91. The van der Waals surface area contributed by atoms with Crippen LogP contribution in [0.5, 0.6) is 0 Å². The van der Waals surface area contributed by atoms with Crippen molar-refractivity contribution in [2.75, 3.05) is 18.0 Å². The minimum absolute atomic E-state index is 0.421. The number of nitriles is 1. The van der Waals surface area contributed by atoms with Crippen molar-refractivity contribution in [1.82, 2.24) is 4.98 Å². The molecule has 1 aromatic heterocycles. The van der Waals surface area contributed by atoms with E-state index in [-0.39, 0.29) is 0 Å². The average molecular weight is 259 g/mol. The minimum atomic E-state index is -0.755. The smallest absolute Gasteiger partial charge is 0.311 e. The summed E-state index contributed by atoms with van der Waals surface area (Å²) in [6.07, 6.45) is 3.72. The molecule has 1 unspecified atom stereocenters. The summed E-state index contributed by atoms with van der Waals surface area (Å²) in [7, 11) is 0. The van der Waals surface area contributed by atoms with Gasteiger partial charge in [0.15, 0.2) is 0 Å². The Morgan fingerprint density at radius 2 is 2.47 bits per heavy atom. The van der Waals surface area contributed by atoms with E-state index in [4.69, 9.17) is 5.26 Å². The molecule has 1 saturated heterocycles. The molecule has 0 aliphatic carbocycles. The Morgan fingerprint density at radius 1 is 1.68 bits per heavy atom. The number of hydrogen-bond acceptors (Lipinski definition) is 4. The Bertz CT molecular complexity index is 524. The van der Waals surface area contributed by atoms with Gasteiger partial charge < -0.3 is 10.0 Å². The van der Waals surface area contributed by atoms with Gasteiger partial charge in [-0.3, -0.25) is 4.79 Å². The molecule has 1 atom stereocenters. The number of rotatable bonds is 3. The predicted octanol–water partition coefficient (Wildman–Crippen LogP) is 2.03. The van der Waals surface area contributed by atoms with Crippen molar-refractivity contribution in [3.8, 4) is 6.07 Å². The number of aromatic nitrogens is 1. The molecule has 5 nitrogen and oxygen atoms in total. The van der Waals surface area contributed by atoms with Crippen LogP contribution in [-0.4, -0.2) is 29.1 Å². The predicted molar refractivity (Wildman–Crippen MR) is 70.8 cm³/mol. The van der Waals surface area contributed by atoms with Gasteiger partial charge in [0.25, 0.3) is 0 Å². The van der Waals surface area contributed by atoms with E-state index in [0.29, 0.717) is 30.8 Å². The van der Waals surface area contributed by atoms with Gasteiger partial charge in [-0.1, -0.05) is 6.92 Å². The van der Waals surface area contributed by atoms with Gasteiger partial charge in [0.05, 0.1) is 11.0 Å². The number of nitrogens with zero attached hydrogens (tertiary/aromatic N) is 3. The Morgan fingerprint density at radius 3 is 3.11 bits per heavy atom. The van der Waals surface area contributed by atoms with Gasteiger partial charge in [-0.15, -0.1) is 0 Å². The summed E-state index contributed by atoms with van der Waals surface area (Å²) < 4.78 is 0. The molecule has 2 heterocycles. The maximum Gasteiger partial charge on any atom is 0.311 e. The molecule has 0 spiro atoms. The van der Waals surface area contributed by atoms with Crippen LogP contribution in [0.25, 0.3) is 0 Å². The van der Waals surface area contributed by atoms with Crippen LogP contribution >= 0.6 is 0 Å². The second kappa shape index (κ2) is 5.27. The first-order valence-electron chi connectivity index (χ1n) is 6.46. The lowest BCUT2D eigenvalue weighted by atomic mass is 9.77. The highest BCUT2D eigenvalue weighted by Crippen LogP contribution is 2.35. The molecule has 1 aliphatic heterocycles. The molecule has 19 heavy (non-hydrogen) atoms. The van der Waals surface area contributed by atoms with Gasteiger partial charge in [0.1, 0.15) is 11.9 Å². The summed E-state index contributed by atoms with van der Waals surface area (Å²) in [5.41, 5.74) is -0.220. The number of piperidine rings is 1. The van der Waals surface area contributed by atoms with Crippen LogP contribution in [0, 0.1) is 16.7 Å². The first-order chi connectivity index (χ1) is 9.13. The highest BCUT2D eigenvalue weighted by molar-refractivity contribution is 5.76. The van der Waals surface area contributed by atoms with Crippen LogP contribution in [-0.2, 0) is 4.79 Å². The lowest BCUT2D eigenvalue weighted by molar-refractivity contribution is -0.149. The van der Waals surface area contributed by atoms with Crippen molar-refractivity contribution >= 4 is 11.8 Å². The van der Waals surface area contributed by atoms with E-state index in [0.717, 1.165) is 13.0 Å². The molecule has 100 valence electrons. The summed E-state index contributed by atoms with van der Waals surface area (Å²) in [4.78, 5) is 17.7. The zero-order valence-corrected chi connectivity index (χ0v) is 11.0. The van der Waals surface area contributed by atoms with Crippen LogP contribution in [0.3, 0.4) is 0 Å². The largest absolute Gasteiger partial charge is 0.481 e. The van der Waals surface area contributed by atoms with Gasteiger partial charge in [-0.05, 0) is 31.4 Å². The fraction of sp³-hybridized carbons (Fsp3) is 0.500. The van der Waals surface area contributed by atoms with E-state index < -0.39 is 11.4 Å². The van der Waals surface area contributed by atoms with Crippen LogP contribution in [0.2, 0.25) is 0 Å². The fourth-order valence-corrected chi connectivity index (χ4v) is 2.66. The van der Waals surface area contributed by atoms with E-state index in [9.17, 15) is 9.90 Å². The molecule has 0 aromatic carbocycles. The van der Waals surface area contributed by atoms with Gasteiger partial charge in [0, 0.05) is 19.3 Å². The topological polar surface area (TPSA) is 77.2 Å². The summed E-state index contributed by atoms with van der Waals surface area (Å²) in [5, 5.41) is 18.6. The van der Waals surface area contributed by atoms with E-state index >= 15 is 0 Å². The average Bonchev–Trinajstić information content (AvgIpc) is 2.47. The number of anilines is 1. The highest BCUT2D eigenvalue weighted by atomic mass is 16.4. The Hall–Kier alpha value is -2.09. The summed E-state index contributed by atoms with van der Waals surface area (Å²) in [6.45, 7) is 3.08. The van der Waals surface area contributed by atoms with Gasteiger partial charge >= 0.3 is 5.97 Å². The molecule has 0 saturated carbocycles. The molecule has 1 N–H and O–H groups in total. The van der Waals surface area contributed by atoms with Crippen molar-refractivity contribution < 1.29 is 9.90 Å². The van der Waals surface area contributed by atoms with E-state index in [1.54, 1.807) is 18.3 Å². The molecule has 0 bridgehead atoms. The number of aliphatic carboxylic acids is 1. The van der Waals surface area contributed by atoms with Crippen molar-refractivity contribution in [1.29, 1.82) is 5.26 Å². The number of carboxylic acid groups (broad SMARTS) is 1. The van der Waals surface area contributed by atoms with Gasteiger partial charge in [-0.2, -0.15) is 5.26 Å². The van der Waals surface area contributed by atoms with Crippen LogP contribution in [0.1, 0.15) is 31.7 Å². The molecule has 0 radical (unpaired) electrons. The summed E-state index contributed by atoms with van der Waals surface area (Å²) >= 11 is 0. The summed E-state index contributed by atoms with van der Waals surface area (Å²) in [6, 6.07) is 5.55. The van der Waals surface area contributed by atoms with Gasteiger partial charge in [0.2, 0.25) is 0 Å².